The number of aliphatic carboxylic acids is 1. The van der Waals surface area contributed by atoms with Gasteiger partial charge in [-0.05, 0) is 17.5 Å². The summed E-state index contributed by atoms with van der Waals surface area (Å²) >= 11 is 0. The molecule has 0 aliphatic carbocycles. The van der Waals surface area contributed by atoms with E-state index in [9.17, 15) is 22.0 Å². The van der Waals surface area contributed by atoms with Gasteiger partial charge in [-0.2, -0.15) is 17.2 Å². The second-order valence-electron chi connectivity index (χ2n) is 4.27. The summed E-state index contributed by atoms with van der Waals surface area (Å²) in [5.74, 6) is -1.26. The number of hydrogen-bond acceptors (Lipinski definition) is 4. The maximum Gasteiger partial charge on any atom is 0.395 e. The molecular weight excluding hydrogens is 308 g/mol. The van der Waals surface area contributed by atoms with Crippen LogP contribution in [0.25, 0.3) is 6.08 Å². The van der Waals surface area contributed by atoms with E-state index in [2.05, 4.69) is 6.58 Å². The molecule has 0 aliphatic rings. The van der Waals surface area contributed by atoms with Crippen LogP contribution in [0.3, 0.4) is 0 Å². The van der Waals surface area contributed by atoms with Crippen LogP contribution in [0.5, 0.6) is 0 Å². The first-order valence-corrected chi connectivity index (χ1v) is 7.03. The maximum absolute atomic E-state index is 13.6. The lowest BCUT2D eigenvalue weighted by Gasteiger charge is -2.17. The first-order chi connectivity index (χ1) is 9.50. The molecule has 1 rings (SSSR count). The van der Waals surface area contributed by atoms with Crippen LogP contribution in [0.4, 0.5) is 8.78 Å². The molecule has 1 aromatic rings. The molecule has 1 atom stereocenters. The lowest BCUT2D eigenvalue weighted by Crippen LogP contribution is -2.32. The van der Waals surface area contributed by atoms with E-state index in [1.807, 2.05) is 0 Å². The minimum Gasteiger partial charge on any atom is -0.480 e. The monoisotopic (exact) mass is 321 g/mol. The van der Waals surface area contributed by atoms with Gasteiger partial charge in [0.2, 0.25) is 0 Å². The quantitative estimate of drug-likeness (QED) is 0.678. The molecule has 0 bridgehead atoms. The Balaban J connectivity index is 3.29. The summed E-state index contributed by atoms with van der Waals surface area (Å²) in [6.07, 6.45) is 0.845. The minimum atomic E-state index is -5.64. The summed E-state index contributed by atoms with van der Waals surface area (Å²) in [7, 11) is -5.64. The van der Waals surface area contributed by atoms with E-state index in [1.165, 1.54) is 0 Å². The molecule has 0 aliphatic heterocycles. The van der Waals surface area contributed by atoms with E-state index < -0.39 is 32.9 Å². The molecule has 116 valence electrons. The van der Waals surface area contributed by atoms with Crippen molar-refractivity contribution in [3.63, 3.8) is 0 Å². The van der Waals surface area contributed by atoms with Gasteiger partial charge in [0.15, 0.2) is 0 Å². The highest BCUT2D eigenvalue weighted by Gasteiger charge is 2.47. The van der Waals surface area contributed by atoms with Crippen molar-refractivity contribution in [3.8, 4) is 0 Å². The molecule has 9 heteroatoms. The molecule has 1 unspecified atom stereocenters. The fourth-order valence-electron chi connectivity index (χ4n) is 1.65. The van der Waals surface area contributed by atoms with E-state index in [1.54, 1.807) is 0 Å². The van der Waals surface area contributed by atoms with Crippen molar-refractivity contribution in [1.29, 1.82) is 0 Å². The van der Waals surface area contributed by atoms with E-state index >= 15 is 0 Å². The first-order valence-electron chi connectivity index (χ1n) is 5.59. The van der Waals surface area contributed by atoms with Crippen molar-refractivity contribution in [2.24, 2.45) is 5.73 Å². The van der Waals surface area contributed by atoms with Crippen LogP contribution in [-0.2, 0) is 26.6 Å². The lowest BCUT2D eigenvalue weighted by molar-refractivity contribution is -0.138. The van der Waals surface area contributed by atoms with Crippen molar-refractivity contribution in [1.82, 2.24) is 0 Å². The van der Waals surface area contributed by atoms with Crippen LogP contribution < -0.4 is 5.73 Å². The largest absolute Gasteiger partial charge is 0.480 e. The Kier molecular flexibility index (Phi) is 4.82. The Morgan fingerprint density at radius 1 is 1.48 bits per heavy atom. The summed E-state index contributed by atoms with van der Waals surface area (Å²) in [6, 6.07) is 1.82. The van der Waals surface area contributed by atoms with Gasteiger partial charge in [0, 0.05) is 5.56 Å². The molecular formula is C12H13F2NO5S. The number of carbonyl (C=O) groups is 1. The first kappa shape index (κ1) is 17.2. The Bertz CT molecular complexity index is 672. The van der Waals surface area contributed by atoms with E-state index in [0.29, 0.717) is 5.56 Å². The van der Waals surface area contributed by atoms with Crippen LogP contribution in [0.15, 0.2) is 24.8 Å². The standard InChI is InChI=1S/C12H13F2NO5S/c1-2-8-5-7(6-10(15)11(16)17)3-4-9(8)12(13,14)21(18,19)20/h2-5,10H,1,6,15H2,(H,16,17)(H,18,19,20). The van der Waals surface area contributed by atoms with Crippen LogP contribution in [0.2, 0.25) is 0 Å². The molecule has 0 radical (unpaired) electrons. The number of carboxylic acid groups (broad SMARTS) is 1. The number of nitrogens with two attached hydrogens (primary N) is 1. The predicted octanol–water partition coefficient (Wildman–Crippen LogP) is 1.22. The van der Waals surface area contributed by atoms with Gasteiger partial charge in [0.25, 0.3) is 0 Å². The lowest BCUT2D eigenvalue weighted by atomic mass is 9.99. The minimum absolute atomic E-state index is 0.131. The molecule has 21 heavy (non-hydrogen) atoms. The Labute approximate surface area is 119 Å². The molecule has 6 nitrogen and oxygen atoms in total. The summed E-state index contributed by atoms with van der Waals surface area (Å²) in [5, 5.41) is 4.19. The highest BCUT2D eigenvalue weighted by molar-refractivity contribution is 7.86. The number of alkyl halides is 2. The van der Waals surface area contributed by atoms with Gasteiger partial charge in [-0.1, -0.05) is 30.9 Å². The van der Waals surface area contributed by atoms with Gasteiger partial charge in [-0.15, -0.1) is 0 Å². The van der Waals surface area contributed by atoms with Crippen LogP contribution in [-0.4, -0.2) is 30.1 Å². The second kappa shape index (κ2) is 5.88. The highest BCUT2D eigenvalue weighted by atomic mass is 32.2. The topological polar surface area (TPSA) is 118 Å². The average molecular weight is 321 g/mol. The van der Waals surface area contributed by atoms with Gasteiger partial charge >= 0.3 is 21.3 Å². The number of carboxylic acids is 1. The fourth-order valence-corrected chi connectivity index (χ4v) is 2.12. The van der Waals surface area contributed by atoms with Gasteiger partial charge in [0.05, 0.1) is 0 Å². The smallest absolute Gasteiger partial charge is 0.395 e. The third-order valence-electron chi connectivity index (χ3n) is 2.75. The van der Waals surface area contributed by atoms with Gasteiger partial charge in [-0.25, -0.2) is 0 Å². The summed E-state index contributed by atoms with van der Waals surface area (Å²) in [6.45, 7) is 3.29. The number of benzene rings is 1. The van der Waals surface area contributed by atoms with Crippen LogP contribution >= 0.6 is 0 Å². The van der Waals surface area contributed by atoms with Crippen molar-refractivity contribution < 1.29 is 31.7 Å². The molecule has 0 heterocycles. The van der Waals surface area contributed by atoms with Crippen molar-refractivity contribution in [2.75, 3.05) is 0 Å². The maximum atomic E-state index is 13.6. The number of hydrogen-bond donors (Lipinski definition) is 3. The number of rotatable bonds is 6. The summed E-state index contributed by atoms with van der Waals surface area (Å²) in [4.78, 5) is 10.6. The van der Waals surface area contributed by atoms with E-state index in [4.69, 9.17) is 15.4 Å². The van der Waals surface area contributed by atoms with Crippen LogP contribution in [0.1, 0.15) is 16.7 Å². The molecule has 0 saturated heterocycles. The third-order valence-corrected chi connectivity index (χ3v) is 3.61. The van der Waals surface area contributed by atoms with Gasteiger partial charge < -0.3 is 10.8 Å². The molecule has 0 spiro atoms. The van der Waals surface area contributed by atoms with Crippen molar-refractivity contribution in [3.05, 3.63) is 41.5 Å². The second-order valence-corrected chi connectivity index (χ2v) is 5.73. The molecule has 4 N–H and O–H groups in total. The van der Waals surface area contributed by atoms with Crippen LogP contribution in [0, 0.1) is 0 Å². The predicted molar refractivity (Wildman–Crippen MR) is 71.3 cm³/mol. The Morgan fingerprint density at radius 3 is 2.48 bits per heavy atom. The highest BCUT2D eigenvalue weighted by Crippen LogP contribution is 2.36. The molecule has 0 fully saturated rings. The molecule has 1 aromatic carbocycles. The molecule has 0 amide bonds. The van der Waals surface area contributed by atoms with E-state index in [0.717, 1.165) is 24.3 Å². The zero-order valence-electron chi connectivity index (χ0n) is 10.7. The Hall–Kier alpha value is -1.84. The fraction of sp³-hybridized carbons (Fsp3) is 0.250. The van der Waals surface area contributed by atoms with Crippen molar-refractivity contribution >= 4 is 22.2 Å². The molecule has 0 aromatic heterocycles. The van der Waals surface area contributed by atoms with Gasteiger partial charge in [-0.3, -0.25) is 9.35 Å². The summed E-state index contributed by atoms with van der Waals surface area (Å²) < 4.78 is 57.3. The van der Waals surface area contributed by atoms with Crippen molar-refractivity contribution in [2.45, 2.75) is 17.7 Å². The average Bonchev–Trinajstić information content (AvgIpc) is 2.36. The zero-order valence-corrected chi connectivity index (χ0v) is 11.5. The van der Waals surface area contributed by atoms with Gasteiger partial charge in [0.1, 0.15) is 6.04 Å². The summed E-state index contributed by atoms with van der Waals surface area (Å²) in [5.41, 5.74) is 4.44. The SMILES string of the molecule is C=Cc1cc(CC(N)C(=O)O)ccc1C(F)(F)S(=O)(=O)O. The zero-order chi connectivity index (χ0) is 16.4. The molecule has 0 saturated carbocycles. The normalized spacial score (nSPS) is 13.7. The Morgan fingerprint density at radius 2 is 2.05 bits per heavy atom. The van der Waals surface area contributed by atoms with E-state index in [-0.39, 0.29) is 12.0 Å². The third kappa shape index (κ3) is 3.63. The number of halogens is 2.